The molecule has 0 unspecified atom stereocenters. The summed E-state index contributed by atoms with van der Waals surface area (Å²) < 4.78 is 103. The van der Waals surface area contributed by atoms with Crippen molar-refractivity contribution in [3.05, 3.63) is 78.4 Å². The minimum atomic E-state index is -4.85. The summed E-state index contributed by atoms with van der Waals surface area (Å²) in [5, 5.41) is 6.00. The van der Waals surface area contributed by atoms with E-state index < -0.39 is 47.3 Å². The molecule has 10 nitrogen and oxygen atoms in total. The maximum absolute atomic E-state index is 15.0. The van der Waals surface area contributed by atoms with Crippen molar-refractivity contribution in [1.29, 1.82) is 0 Å². The first-order chi connectivity index (χ1) is 21.2. The van der Waals surface area contributed by atoms with Crippen molar-refractivity contribution in [3.63, 3.8) is 0 Å². The van der Waals surface area contributed by atoms with Crippen LogP contribution >= 0.6 is 11.8 Å². The number of thioether (sulfide) groups is 1. The number of ether oxygens (including phenoxy) is 2. The first-order valence-corrected chi connectivity index (χ1v) is 13.4. The fourth-order valence-corrected chi connectivity index (χ4v) is 4.91. The molecule has 18 heteroatoms. The smallest absolute Gasteiger partial charge is 0.497 e. The molecule has 1 aromatic heterocycles. The highest BCUT2D eigenvalue weighted by molar-refractivity contribution is 8.15. The highest BCUT2D eigenvalue weighted by atomic mass is 32.2. The minimum Gasteiger partial charge on any atom is -0.497 e. The number of nitrogens with one attached hydrogen (secondary N) is 1. The quantitative estimate of drug-likeness (QED) is 0.231. The van der Waals surface area contributed by atoms with E-state index in [1.807, 2.05) is 0 Å². The lowest BCUT2D eigenvalue weighted by atomic mass is 10.1. The fourth-order valence-electron chi connectivity index (χ4n) is 4.05. The molecule has 3 aromatic carbocycles. The van der Waals surface area contributed by atoms with Gasteiger partial charge in [-0.3, -0.25) is 9.69 Å². The Balaban J connectivity index is 1.32. The number of halogens is 7. The van der Waals surface area contributed by atoms with Crippen LogP contribution in [0.5, 0.6) is 11.5 Å². The summed E-state index contributed by atoms with van der Waals surface area (Å²) >= 11 is 0.720. The number of carbonyl (C=O) groups excluding carboxylic acids is 2. The van der Waals surface area contributed by atoms with Gasteiger partial charge >= 0.3 is 18.6 Å². The van der Waals surface area contributed by atoms with Crippen LogP contribution in [0.3, 0.4) is 0 Å². The van der Waals surface area contributed by atoms with Gasteiger partial charge in [0.05, 0.1) is 35.5 Å². The first-order valence-electron chi connectivity index (χ1n) is 12.4. The van der Waals surface area contributed by atoms with Crippen LogP contribution < -0.4 is 19.7 Å². The van der Waals surface area contributed by atoms with Crippen molar-refractivity contribution in [2.75, 3.05) is 23.1 Å². The first kappa shape index (κ1) is 31.3. The SMILES string of the molecule is COc1ccc(C(F)(F)F)c(N2C(=O)CSC2=NC(=O)Nc2ccc(-c3ncn(-c4ccc(OC(F)(F)F)cc4)n3)cc2F)c1. The zero-order chi connectivity index (χ0) is 32.5. The number of rotatable bonds is 6. The molecule has 0 saturated carbocycles. The van der Waals surface area contributed by atoms with Crippen molar-refractivity contribution in [1.82, 2.24) is 14.8 Å². The molecule has 1 aliphatic rings. The third kappa shape index (κ3) is 7.17. The number of aromatic nitrogens is 3. The molecule has 0 bridgehead atoms. The molecule has 5 rings (SSSR count). The van der Waals surface area contributed by atoms with Crippen LogP contribution in [0.15, 0.2) is 72.0 Å². The Hall–Kier alpha value is -5.13. The number of nitrogens with zero attached hydrogens (tertiary/aromatic N) is 5. The molecule has 4 aromatic rings. The Labute approximate surface area is 252 Å². The number of aliphatic imine (C=N–C) groups is 1. The zero-order valence-corrected chi connectivity index (χ0v) is 23.3. The Morgan fingerprint density at radius 1 is 1.00 bits per heavy atom. The van der Waals surface area contributed by atoms with E-state index in [1.54, 1.807) is 0 Å². The molecule has 1 fully saturated rings. The largest absolute Gasteiger partial charge is 0.573 e. The maximum Gasteiger partial charge on any atom is 0.573 e. The monoisotopic (exact) mass is 654 g/mol. The summed E-state index contributed by atoms with van der Waals surface area (Å²) in [7, 11) is 1.23. The average Bonchev–Trinajstić information content (AvgIpc) is 3.60. The van der Waals surface area contributed by atoms with E-state index in [-0.39, 0.29) is 33.7 Å². The molecule has 45 heavy (non-hydrogen) atoms. The summed E-state index contributed by atoms with van der Waals surface area (Å²) in [6, 6.07) is 9.92. The predicted octanol–water partition coefficient (Wildman–Crippen LogP) is 6.67. The number of alkyl halides is 6. The van der Waals surface area contributed by atoms with Crippen LogP contribution in [0.1, 0.15) is 5.56 Å². The van der Waals surface area contributed by atoms with E-state index in [2.05, 4.69) is 25.1 Å². The highest BCUT2D eigenvalue weighted by Crippen LogP contribution is 2.41. The number of hydrogen-bond acceptors (Lipinski definition) is 7. The molecule has 1 aliphatic heterocycles. The summed E-state index contributed by atoms with van der Waals surface area (Å²) in [5.41, 5.74) is -1.58. The van der Waals surface area contributed by atoms with Crippen LogP contribution in [0.25, 0.3) is 17.1 Å². The van der Waals surface area contributed by atoms with E-state index in [0.717, 1.165) is 48.2 Å². The van der Waals surface area contributed by atoms with Gasteiger partial charge in [-0.2, -0.15) is 18.2 Å². The van der Waals surface area contributed by atoms with E-state index in [9.17, 15) is 40.3 Å². The van der Waals surface area contributed by atoms with Gasteiger partial charge in [0, 0.05) is 11.6 Å². The summed E-state index contributed by atoms with van der Waals surface area (Å²) in [5.74, 6) is -2.37. The number of benzene rings is 3. The van der Waals surface area contributed by atoms with Crippen LogP contribution in [0.4, 0.5) is 46.9 Å². The van der Waals surface area contributed by atoms with Gasteiger partial charge in [-0.05, 0) is 54.6 Å². The number of hydrogen-bond donors (Lipinski definition) is 1. The third-order valence-corrected chi connectivity index (χ3v) is 6.93. The van der Waals surface area contributed by atoms with Gasteiger partial charge in [0.15, 0.2) is 11.0 Å². The van der Waals surface area contributed by atoms with Gasteiger partial charge in [0.1, 0.15) is 23.6 Å². The zero-order valence-electron chi connectivity index (χ0n) is 22.5. The number of methoxy groups -OCH3 is 1. The van der Waals surface area contributed by atoms with Crippen molar-refractivity contribution < 1.29 is 49.8 Å². The van der Waals surface area contributed by atoms with E-state index in [4.69, 9.17) is 4.74 Å². The molecule has 234 valence electrons. The lowest BCUT2D eigenvalue weighted by molar-refractivity contribution is -0.274. The van der Waals surface area contributed by atoms with Gasteiger partial charge < -0.3 is 14.8 Å². The highest BCUT2D eigenvalue weighted by Gasteiger charge is 2.40. The maximum atomic E-state index is 15.0. The molecule has 3 amide bonds. The van der Waals surface area contributed by atoms with Crippen molar-refractivity contribution >= 4 is 40.2 Å². The van der Waals surface area contributed by atoms with Gasteiger partial charge in [0.25, 0.3) is 0 Å². The van der Waals surface area contributed by atoms with E-state index in [0.29, 0.717) is 10.6 Å². The minimum absolute atomic E-state index is 0.0291. The third-order valence-electron chi connectivity index (χ3n) is 6.01. The summed E-state index contributed by atoms with van der Waals surface area (Å²) in [6.45, 7) is 0. The van der Waals surface area contributed by atoms with Crippen molar-refractivity contribution in [3.8, 4) is 28.6 Å². The number of amides is 3. The van der Waals surface area contributed by atoms with Crippen LogP contribution in [-0.4, -0.2) is 51.1 Å². The average molecular weight is 655 g/mol. The van der Waals surface area contributed by atoms with Crippen LogP contribution in [-0.2, 0) is 11.0 Å². The van der Waals surface area contributed by atoms with Gasteiger partial charge in [-0.25, -0.2) is 18.9 Å². The molecule has 1 saturated heterocycles. The predicted molar refractivity (Wildman–Crippen MR) is 148 cm³/mol. The van der Waals surface area contributed by atoms with E-state index in [1.165, 1.54) is 42.4 Å². The number of anilines is 2. The molecular formula is C27H17F7N6O4S. The Morgan fingerprint density at radius 2 is 1.71 bits per heavy atom. The lowest BCUT2D eigenvalue weighted by Gasteiger charge is -2.21. The van der Waals surface area contributed by atoms with Gasteiger partial charge in [-0.15, -0.1) is 18.3 Å². The normalized spacial score (nSPS) is 14.6. The van der Waals surface area contributed by atoms with E-state index >= 15 is 0 Å². The molecular weight excluding hydrogens is 637 g/mol. The van der Waals surface area contributed by atoms with Gasteiger partial charge in [-0.1, -0.05) is 11.8 Å². The number of amidine groups is 1. The van der Waals surface area contributed by atoms with Gasteiger partial charge in [0.2, 0.25) is 5.91 Å². The Bertz CT molecular complexity index is 1790. The second-order valence-electron chi connectivity index (χ2n) is 8.97. The molecule has 1 N–H and O–H groups in total. The van der Waals surface area contributed by atoms with Crippen LogP contribution in [0.2, 0.25) is 0 Å². The van der Waals surface area contributed by atoms with Crippen LogP contribution in [0, 0.1) is 5.82 Å². The lowest BCUT2D eigenvalue weighted by Crippen LogP contribution is -2.32. The second kappa shape index (κ2) is 12.1. The summed E-state index contributed by atoms with van der Waals surface area (Å²) in [4.78, 5) is 33.6. The van der Waals surface area contributed by atoms with Crippen molar-refractivity contribution in [2.24, 2.45) is 4.99 Å². The Kier molecular flexibility index (Phi) is 8.42. The molecule has 0 spiro atoms. The molecule has 2 heterocycles. The number of carbonyl (C=O) groups is 2. The number of urea groups is 1. The second-order valence-corrected chi connectivity index (χ2v) is 9.91. The Morgan fingerprint density at radius 3 is 2.36 bits per heavy atom. The fraction of sp³-hybridized carbons (Fsp3) is 0.148. The topological polar surface area (TPSA) is 111 Å². The van der Waals surface area contributed by atoms with Crippen molar-refractivity contribution in [2.45, 2.75) is 12.5 Å². The molecule has 0 aliphatic carbocycles. The standard InChI is InChI=1S/C27H17F7N6O4S/c1-43-17-7-8-18(26(29,30)31)21(11-17)40-22(41)12-45-25(40)37-24(42)36-20-9-2-14(10-19(20)28)23-35-13-39(38-23)15-3-5-16(6-4-15)44-27(32,33)34/h2-11,13H,12H2,1H3,(H,36,42). The summed E-state index contributed by atoms with van der Waals surface area (Å²) in [6.07, 6.45) is -8.44. The molecule has 0 atom stereocenters. The molecule has 0 radical (unpaired) electrons.